The van der Waals surface area contributed by atoms with Gasteiger partial charge in [-0.25, -0.2) is 9.37 Å². The lowest BCUT2D eigenvalue weighted by molar-refractivity contribution is -0.117. The zero-order chi connectivity index (χ0) is 25.1. The number of hydrogen-bond donors (Lipinski definition) is 2. The van der Waals surface area contributed by atoms with Crippen LogP contribution in [0.2, 0.25) is 0 Å². The van der Waals surface area contributed by atoms with E-state index in [0.29, 0.717) is 42.0 Å². The van der Waals surface area contributed by atoms with Crippen molar-refractivity contribution >= 4 is 23.4 Å². The molecular formula is C24H28FN7O3. The van der Waals surface area contributed by atoms with Gasteiger partial charge in [0.25, 0.3) is 5.91 Å². The van der Waals surface area contributed by atoms with Crippen molar-refractivity contribution in [3.8, 4) is 5.75 Å². The lowest BCUT2D eigenvalue weighted by Gasteiger charge is -2.35. The number of halogens is 1. The van der Waals surface area contributed by atoms with Gasteiger partial charge in [-0.2, -0.15) is 10.1 Å². The van der Waals surface area contributed by atoms with Gasteiger partial charge in [0, 0.05) is 25.4 Å². The number of anilines is 3. The number of carbonyl (C=O) groups excluding carboxylic acids is 1. The van der Waals surface area contributed by atoms with E-state index < -0.39 is 11.9 Å². The summed E-state index contributed by atoms with van der Waals surface area (Å²) in [5.41, 5.74) is 3.02. The molecule has 0 aliphatic carbocycles. The Labute approximate surface area is 202 Å². The minimum atomic E-state index is -0.622. The smallest absolute Gasteiger partial charge is 0.255 e. The van der Waals surface area contributed by atoms with E-state index in [4.69, 9.17) is 9.47 Å². The highest BCUT2D eigenvalue weighted by molar-refractivity contribution is 6.05. The Morgan fingerprint density at radius 1 is 1.29 bits per heavy atom. The summed E-state index contributed by atoms with van der Waals surface area (Å²) in [5, 5.41) is 10.5. The van der Waals surface area contributed by atoms with Gasteiger partial charge in [0.15, 0.2) is 23.4 Å². The molecule has 11 heteroatoms. The zero-order valence-corrected chi connectivity index (χ0v) is 20.3. The van der Waals surface area contributed by atoms with Crippen molar-refractivity contribution in [2.75, 3.05) is 36.8 Å². The average molecular weight is 482 g/mol. The van der Waals surface area contributed by atoms with Crippen molar-refractivity contribution in [1.82, 2.24) is 19.7 Å². The normalized spacial score (nSPS) is 15.5. The average Bonchev–Trinajstić information content (AvgIpc) is 3.29. The first-order valence-electron chi connectivity index (χ1n) is 11.0. The lowest BCUT2D eigenvalue weighted by Crippen LogP contribution is -2.48. The number of aryl methyl sites for hydroxylation is 1. The minimum Gasteiger partial charge on any atom is -0.499 e. The molecule has 1 amide bonds. The van der Waals surface area contributed by atoms with E-state index in [1.54, 1.807) is 41.0 Å². The van der Waals surface area contributed by atoms with Crippen molar-refractivity contribution < 1.29 is 18.7 Å². The maximum atomic E-state index is 13.6. The Morgan fingerprint density at radius 3 is 2.80 bits per heavy atom. The number of rotatable bonds is 8. The number of allylic oxidation sites excluding steroid dienone is 1. The molecule has 10 nitrogen and oxygen atoms in total. The SMILES string of the molecule is CC=C(OC)[C@H]1C(=O)Nc2c(C)nc(NCc3cnn(Cc4ccc(F)c(OC)c4)c3)nc2N1C. The maximum Gasteiger partial charge on any atom is 0.255 e. The number of nitrogens with one attached hydrogen (secondary N) is 2. The molecule has 3 heterocycles. The summed E-state index contributed by atoms with van der Waals surface area (Å²) in [4.78, 5) is 23.6. The van der Waals surface area contributed by atoms with Crippen LogP contribution in [0.3, 0.4) is 0 Å². The Morgan fingerprint density at radius 2 is 2.09 bits per heavy atom. The number of nitrogens with zero attached hydrogens (tertiary/aromatic N) is 5. The first-order valence-corrected chi connectivity index (χ1v) is 11.0. The Hall–Kier alpha value is -4.15. The van der Waals surface area contributed by atoms with Crippen LogP contribution in [0.1, 0.15) is 23.7 Å². The van der Waals surface area contributed by atoms with Crippen molar-refractivity contribution in [3.05, 3.63) is 65.1 Å². The molecule has 0 unspecified atom stereocenters. The molecule has 0 saturated carbocycles. The van der Waals surface area contributed by atoms with Crippen LogP contribution in [0.15, 0.2) is 42.4 Å². The molecule has 0 saturated heterocycles. The van der Waals surface area contributed by atoms with Crippen LogP contribution < -0.4 is 20.3 Å². The fourth-order valence-electron chi connectivity index (χ4n) is 3.99. The fourth-order valence-corrected chi connectivity index (χ4v) is 3.99. The number of fused-ring (bicyclic) bond motifs is 1. The topological polar surface area (TPSA) is 106 Å². The number of carbonyl (C=O) groups is 1. The number of benzene rings is 1. The van der Waals surface area contributed by atoms with Crippen LogP contribution in [0.4, 0.5) is 21.8 Å². The summed E-state index contributed by atoms with van der Waals surface area (Å²) in [7, 11) is 4.78. The summed E-state index contributed by atoms with van der Waals surface area (Å²) in [5.74, 6) is 1.16. The summed E-state index contributed by atoms with van der Waals surface area (Å²) >= 11 is 0. The van der Waals surface area contributed by atoms with Gasteiger partial charge in [-0.3, -0.25) is 9.48 Å². The third-order valence-corrected chi connectivity index (χ3v) is 5.78. The third kappa shape index (κ3) is 4.88. The van der Waals surface area contributed by atoms with E-state index >= 15 is 0 Å². The number of methoxy groups -OCH3 is 2. The largest absolute Gasteiger partial charge is 0.499 e. The highest BCUT2D eigenvalue weighted by Crippen LogP contribution is 2.34. The van der Waals surface area contributed by atoms with Crippen molar-refractivity contribution in [2.45, 2.75) is 33.0 Å². The van der Waals surface area contributed by atoms with Crippen LogP contribution in [0, 0.1) is 12.7 Å². The van der Waals surface area contributed by atoms with E-state index in [0.717, 1.165) is 11.1 Å². The van der Waals surface area contributed by atoms with Gasteiger partial charge in [0.1, 0.15) is 11.4 Å². The van der Waals surface area contributed by atoms with Gasteiger partial charge in [-0.15, -0.1) is 0 Å². The Bertz CT molecular complexity index is 1270. The van der Waals surface area contributed by atoms with E-state index in [1.165, 1.54) is 20.3 Å². The van der Waals surface area contributed by atoms with Gasteiger partial charge >= 0.3 is 0 Å². The molecule has 2 aromatic heterocycles. The van der Waals surface area contributed by atoms with Crippen molar-refractivity contribution in [1.29, 1.82) is 0 Å². The van der Waals surface area contributed by atoms with Gasteiger partial charge in [-0.05, 0) is 37.6 Å². The zero-order valence-electron chi connectivity index (χ0n) is 20.3. The highest BCUT2D eigenvalue weighted by Gasteiger charge is 2.36. The van der Waals surface area contributed by atoms with E-state index in [1.807, 2.05) is 20.0 Å². The predicted octanol–water partition coefficient (Wildman–Crippen LogP) is 3.10. The highest BCUT2D eigenvalue weighted by atomic mass is 19.1. The molecule has 1 atom stereocenters. The number of hydrogen-bond acceptors (Lipinski definition) is 8. The minimum absolute atomic E-state index is 0.200. The predicted molar refractivity (Wildman–Crippen MR) is 130 cm³/mol. The number of ether oxygens (including phenoxy) is 2. The first kappa shape index (κ1) is 24.0. The molecule has 0 radical (unpaired) electrons. The third-order valence-electron chi connectivity index (χ3n) is 5.78. The van der Waals surface area contributed by atoms with E-state index in [-0.39, 0.29) is 11.7 Å². The summed E-state index contributed by atoms with van der Waals surface area (Å²) in [6.07, 6.45) is 5.41. The second-order valence-corrected chi connectivity index (χ2v) is 8.10. The Balaban J connectivity index is 1.48. The second-order valence-electron chi connectivity index (χ2n) is 8.10. The van der Waals surface area contributed by atoms with Crippen LogP contribution >= 0.6 is 0 Å². The quantitative estimate of drug-likeness (QED) is 0.473. The molecule has 35 heavy (non-hydrogen) atoms. The molecule has 1 aliphatic rings. The van der Waals surface area contributed by atoms with Crippen molar-refractivity contribution in [3.63, 3.8) is 0 Å². The van der Waals surface area contributed by atoms with Gasteiger partial charge in [0.05, 0.1) is 32.7 Å². The van der Waals surface area contributed by atoms with Gasteiger partial charge in [0.2, 0.25) is 5.95 Å². The molecule has 1 aliphatic heterocycles. The van der Waals surface area contributed by atoms with Crippen LogP contribution in [-0.2, 0) is 22.6 Å². The van der Waals surface area contributed by atoms with Crippen LogP contribution in [0.25, 0.3) is 0 Å². The standard InChI is InChI=1S/C24H28FN7O3/c1-6-18(34-4)21-23(33)29-20-14(2)28-24(30-22(20)31(21)3)26-10-16-11-27-32(13-16)12-15-7-8-17(25)19(9-15)35-5/h6-9,11,13,21H,10,12H2,1-5H3,(H,29,33)(H,26,28,30)/t21-/m0/s1. The number of amides is 1. The molecule has 2 N–H and O–H groups in total. The summed E-state index contributed by atoms with van der Waals surface area (Å²) in [6.45, 7) is 4.56. The molecular weight excluding hydrogens is 453 g/mol. The van der Waals surface area contributed by atoms with Crippen molar-refractivity contribution in [2.24, 2.45) is 0 Å². The first-order chi connectivity index (χ1) is 16.8. The molecule has 0 fully saturated rings. The molecule has 4 rings (SSSR count). The second kappa shape index (κ2) is 10.00. The Kier molecular flexibility index (Phi) is 6.85. The molecule has 0 spiro atoms. The van der Waals surface area contributed by atoms with Crippen LogP contribution in [0.5, 0.6) is 5.75 Å². The maximum absolute atomic E-state index is 13.6. The molecule has 1 aromatic carbocycles. The fraction of sp³-hybridized carbons (Fsp3) is 0.333. The van der Waals surface area contributed by atoms with E-state index in [2.05, 4.69) is 25.7 Å². The monoisotopic (exact) mass is 481 g/mol. The van der Waals surface area contributed by atoms with E-state index in [9.17, 15) is 9.18 Å². The number of aromatic nitrogens is 4. The van der Waals surface area contributed by atoms with Gasteiger partial charge < -0.3 is 25.0 Å². The van der Waals surface area contributed by atoms with Crippen LogP contribution in [-0.4, -0.2) is 53.0 Å². The molecule has 3 aromatic rings. The lowest BCUT2D eigenvalue weighted by atomic mass is 10.1. The summed E-state index contributed by atoms with van der Waals surface area (Å²) in [6, 6.07) is 4.12. The summed E-state index contributed by atoms with van der Waals surface area (Å²) < 4.78 is 25.8. The number of likely N-dealkylation sites (N-methyl/N-ethyl adjacent to an activating group) is 1. The van der Waals surface area contributed by atoms with Gasteiger partial charge in [-0.1, -0.05) is 6.07 Å². The molecule has 184 valence electrons. The molecule has 0 bridgehead atoms.